The van der Waals surface area contributed by atoms with Crippen molar-refractivity contribution in [2.24, 2.45) is 5.92 Å². The summed E-state index contributed by atoms with van der Waals surface area (Å²) in [5.41, 5.74) is 0.895. The predicted octanol–water partition coefficient (Wildman–Crippen LogP) is 3.17. The van der Waals surface area contributed by atoms with E-state index < -0.39 is 0 Å². The lowest BCUT2D eigenvalue weighted by Crippen LogP contribution is -2.48. The summed E-state index contributed by atoms with van der Waals surface area (Å²) < 4.78 is 10.6. The molecule has 0 atom stereocenters. The Morgan fingerprint density at radius 1 is 1.21 bits per heavy atom. The van der Waals surface area contributed by atoms with Crippen LogP contribution in [0.4, 0.5) is 0 Å². The van der Waals surface area contributed by atoms with Gasteiger partial charge in [0.05, 0.1) is 19.4 Å². The summed E-state index contributed by atoms with van der Waals surface area (Å²) in [6.45, 7) is 8.18. The molecule has 1 aromatic carbocycles. The van der Waals surface area contributed by atoms with E-state index in [9.17, 15) is 4.79 Å². The summed E-state index contributed by atoms with van der Waals surface area (Å²) in [7, 11) is 1.64. The van der Waals surface area contributed by atoms with Crippen LogP contribution >= 0.6 is 11.8 Å². The summed E-state index contributed by atoms with van der Waals surface area (Å²) in [4.78, 5) is 21.1. The topological polar surface area (TPSA) is 71.7 Å². The molecule has 0 aliphatic carbocycles. The molecule has 8 heteroatoms. The lowest BCUT2D eigenvalue weighted by atomic mass is 10.2. The van der Waals surface area contributed by atoms with E-state index in [1.165, 1.54) is 0 Å². The second-order valence-corrected chi connectivity index (χ2v) is 8.74. The molecule has 1 aliphatic heterocycles. The monoisotopic (exact) mass is 418 g/mol. The average Bonchev–Trinajstić information content (AvgIpc) is 3.20. The Balaban J connectivity index is 1.42. The Bertz CT molecular complexity index is 770. The normalized spacial score (nSPS) is 15.1. The fraction of sp³-hybridized carbons (Fsp3) is 0.571. The Morgan fingerprint density at radius 3 is 2.59 bits per heavy atom. The zero-order valence-electron chi connectivity index (χ0n) is 17.5. The molecule has 0 unspecified atom stereocenters. The van der Waals surface area contributed by atoms with Crippen LogP contribution in [0.1, 0.15) is 26.2 Å². The zero-order valence-corrected chi connectivity index (χ0v) is 18.3. The molecule has 2 aromatic rings. The Kier molecular flexibility index (Phi) is 7.94. The number of methoxy groups -OCH3 is 1. The van der Waals surface area contributed by atoms with Gasteiger partial charge in [-0.2, -0.15) is 16.7 Å². The Labute approximate surface area is 176 Å². The van der Waals surface area contributed by atoms with Gasteiger partial charge < -0.3 is 14.2 Å². The van der Waals surface area contributed by atoms with Crippen LogP contribution < -0.4 is 4.74 Å². The van der Waals surface area contributed by atoms with Gasteiger partial charge in [-0.05, 0) is 42.4 Å². The van der Waals surface area contributed by atoms with Gasteiger partial charge in [-0.1, -0.05) is 19.0 Å². The summed E-state index contributed by atoms with van der Waals surface area (Å²) in [6.07, 6.45) is 1.16. The fourth-order valence-electron chi connectivity index (χ4n) is 3.09. The van der Waals surface area contributed by atoms with Crippen LogP contribution in [0, 0.1) is 5.92 Å². The minimum Gasteiger partial charge on any atom is -0.497 e. The third-order valence-electron chi connectivity index (χ3n) is 4.97. The smallest absolute Gasteiger partial charge is 0.241 e. The molecule has 158 valence electrons. The van der Waals surface area contributed by atoms with Crippen molar-refractivity contribution in [1.82, 2.24) is 19.9 Å². The zero-order chi connectivity index (χ0) is 20.6. The number of benzene rings is 1. The minimum absolute atomic E-state index is 0.248. The molecular formula is C21H30N4O3S. The van der Waals surface area contributed by atoms with Gasteiger partial charge in [0.25, 0.3) is 0 Å². The molecule has 1 amide bonds. The Hall–Kier alpha value is -2.06. The van der Waals surface area contributed by atoms with Gasteiger partial charge in [0.15, 0.2) is 0 Å². The molecule has 1 aromatic heterocycles. The number of aromatic nitrogens is 2. The van der Waals surface area contributed by atoms with Gasteiger partial charge >= 0.3 is 0 Å². The molecule has 2 heterocycles. The van der Waals surface area contributed by atoms with Crippen molar-refractivity contribution in [3.8, 4) is 17.1 Å². The predicted molar refractivity (Wildman–Crippen MR) is 115 cm³/mol. The molecule has 0 saturated carbocycles. The summed E-state index contributed by atoms with van der Waals surface area (Å²) in [6, 6.07) is 7.58. The SMILES string of the molecule is COc1ccc(-c2noc(CN3CCN(C(=O)CSCCC(C)C)CC3)n2)cc1. The molecule has 29 heavy (non-hydrogen) atoms. The van der Waals surface area contributed by atoms with Crippen LogP contribution in [-0.2, 0) is 11.3 Å². The van der Waals surface area contributed by atoms with E-state index in [2.05, 4.69) is 28.9 Å². The second-order valence-electron chi connectivity index (χ2n) is 7.63. The molecule has 1 fully saturated rings. The molecule has 0 N–H and O–H groups in total. The summed E-state index contributed by atoms with van der Waals surface area (Å²) in [5.74, 6) is 4.55. The highest BCUT2D eigenvalue weighted by molar-refractivity contribution is 7.99. The second kappa shape index (κ2) is 10.6. The van der Waals surface area contributed by atoms with Crippen LogP contribution in [0.3, 0.4) is 0 Å². The largest absolute Gasteiger partial charge is 0.497 e. The van der Waals surface area contributed by atoms with Crippen molar-refractivity contribution in [2.75, 3.05) is 44.8 Å². The number of ether oxygens (including phenoxy) is 1. The Morgan fingerprint density at radius 2 is 1.93 bits per heavy atom. The van der Waals surface area contributed by atoms with Gasteiger partial charge in [0.2, 0.25) is 17.6 Å². The first-order chi connectivity index (χ1) is 14.0. The highest BCUT2D eigenvalue weighted by atomic mass is 32.2. The molecule has 7 nitrogen and oxygen atoms in total. The quantitative estimate of drug-likeness (QED) is 0.579. The summed E-state index contributed by atoms with van der Waals surface area (Å²) in [5, 5.41) is 4.08. The van der Waals surface area contributed by atoms with Crippen molar-refractivity contribution in [3.05, 3.63) is 30.2 Å². The maximum absolute atomic E-state index is 12.4. The van der Waals surface area contributed by atoms with Crippen molar-refractivity contribution in [2.45, 2.75) is 26.8 Å². The number of nitrogens with zero attached hydrogens (tertiary/aromatic N) is 4. The van der Waals surface area contributed by atoms with E-state index in [-0.39, 0.29) is 5.91 Å². The van der Waals surface area contributed by atoms with Gasteiger partial charge in [0.1, 0.15) is 5.75 Å². The molecule has 1 saturated heterocycles. The molecule has 0 bridgehead atoms. The summed E-state index contributed by atoms with van der Waals surface area (Å²) >= 11 is 1.74. The van der Waals surface area contributed by atoms with E-state index in [1.54, 1.807) is 18.9 Å². The van der Waals surface area contributed by atoms with Crippen molar-refractivity contribution < 1.29 is 14.1 Å². The number of hydrogen-bond donors (Lipinski definition) is 0. The molecule has 0 radical (unpaired) electrons. The van der Waals surface area contributed by atoms with Crippen LogP contribution in [0.15, 0.2) is 28.8 Å². The lowest BCUT2D eigenvalue weighted by Gasteiger charge is -2.33. The first-order valence-electron chi connectivity index (χ1n) is 10.1. The van der Waals surface area contributed by atoms with Gasteiger partial charge in [-0.15, -0.1) is 0 Å². The van der Waals surface area contributed by atoms with Crippen molar-refractivity contribution >= 4 is 17.7 Å². The first kappa shape index (κ1) is 21.6. The number of carbonyl (C=O) groups is 1. The minimum atomic E-state index is 0.248. The maximum Gasteiger partial charge on any atom is 0.241 e. The van der Waals surface area contributed by atoms with E-state index in [4.69, 9.17) is 9.26 Å². The number of carbonyl (C=O) groups excluding carboxylic acids is 1. The number of piperazine rings is 1. The van der Waals surface area contributed by atoms with E-state index in [0.717, 1.165) is 49.7 Å². The highest BCUT2D eigenvalue weighted by Gasteiger charge is 2.22. The van der Waals surface area contributed by atoms with E-state index in [1.807, 2.05) is 29.2 Å². The van der Waals surface area contributed by atoms with Crippen LogP contribution in [0.2, 0.25) is 0 Å². The maximum atomic E-state index is 12.4. The number of thioether (sulfide) groups is 1. The van der Waals surface area contributed by atoms with Crippen molar-refractivity contribution in [1.29, 1.82) is 0 Å². The average molecular weight is 419 g/mol. The van der Waals surface area contributed by atoms with Crippen LogP contribution in [0.25, 0.3) is 11.4 Å². The van der Waals surface area contributed by atoms with E-state index >= 15 is 0 Å². The van der Waals surface area contributed by atoms with E-state index in [0.29, 0.717) is 29.9 Å². The fourth-order valence-corrected chi connectivity index (χ4v) is 4.23. The number of hydrogen-bond acceptors (Lipinski definition) is 7. The third kappa shape index (κ3) is 6.47. The number of amides is 1. The first-order valence-corrected chi connectivity index (χ1v) is 11.3. The highest BCUT2D eigenvalue weighted by Crippen LogP contribution is 2.20. The van der Waals surface area contributed by atoms with Gasteiger partial charge in [-0.3, -0.25) is 9.69 Å². The van der Waals surface area contributed by atoms with Crippen LogP contribution in [0.5, 0.6) is 5.75 Å². The molecule has 0 spiro atoms. The molecular weight excluding hydrogens is 388 g/mol. The lowest BCUT2D eigenvalue weighted by molar-refractivity contribution is -0.130. The van der Waals surface area contributed by atoms with Crippen LogP contribution in [-0.4, -0.2) is 70.6 Å². The van der Waals surface area contributed by atoms with Gasteiger partial charge in [-0.25, -0.2) is 0 Å². The molecule has 3 rings (SSSR count). The standard InChI is InChI=1S/C21H30N4O3S/c1-16(2)8-13-29-15-20(26)25-11-9-24(10-12-25)14-19-22-21(23-28-19)17-4-6-18(27-3)7-5-17/h4-7,16H,8-15H2,1-3H3. The third-order valence-corrected chi connectivity index (χ3v) is 5.94. The van der Waals surface area contributed by atoms with Crippen molar-refractivity contribution in [3.63, 3.8) is 0 Å². The van der Waals surface area contributed by atoms with Gasteiger partial charge in [0, 0.05) is 31.7 Å². The number of rotatable bonds is 9. The molecule has 1 aliphatic rings.